The van der Waals surface area contributed by atoms with Gasteiger partial charge in [-0.3, -0.25) is 0 Å². The number of epoxide rings is 1. The Hall–Kier alpha value is -0.340. The van der Waals surface area contributed by atoms with Gasteiger partial charge in [0.25, 0.3) is 0 Å². The third-order valence-corrected chi connectivity index (χ3v) is 2.60. The Labute approximate surface area is 80.9 Å². The van der Waals surface area contributed by atoms with E-state index in [9.17, 15) is 0 Å². The monoisotopic (exact) mass is 226 g/mol. The van der Waals surface area contributed by atoms with Crippen molar-refractivity contribution in [3.8, 4) is 0 Å². The van der Waals surface area contributed by atoms with Crippen LogP contribution in [0.1, 0.15) is 12.0 Å². The molecule has 12 heavy (non-hydrogen) atoms. The van der Waals surface area contributed by atoms with Gasteiger partial charge in [0.2, 0.25) is 0 Å². The molecule has 0 N–H and O–H groups in total. The van der Waals surface area contributed by atoms with Crippen LogP contribution >= 0.6 is 15.9 Å². The molecule has 0 radical (unpaired) electrons. The molecule has 64 valence electrons. The van der Waals surface area contributed by atoms with E-state index in [4.69, 9.17) is 4.74 Å². The second-order valence-electron chi connectivity index (χ2n) is 3.12. The van der Waals surface area contributed by atoms with E-state index in [0.29, 0.717) is 6.10 Å². The first-order valence-electron chi connectivity index (χ1n) is 4.20. The highest BCUT2D eigenvalue weighted by Gasteiger charge is 2.21. The van der Waals surface area contributed by atoms with Crippen LogP contribution in [-0.4, -0.2) is 12.7 Å². The van der Waals surface area contributed by atoms with Gasteiger partial charge >= 0.3 is 0 Å². The molecule has 1 heterocycles. The molecule has 2 heteroatoms. The van der Waals surface area contributed by atoms with Gasteiger partial charge in [0.15, 0.2) is 0 Å². The second-order valence-corrected chi connectivity index (χ2v) is 4.04. The summed E-state index contributed by atoms with van der Waals surface area (Å²) in [7, 11) is 0. The van der Waals surface area contributed by atoms with Crippen molar-refractivity contribution in [3.05, 3.63) is 34.3 Å². The molecule has 1 aliphatic rings. The van der Waals surface area contributed by atoms with Crippen LogP contribution in [0.5, 0.6) is 0 Å². The lowest BCUT2D eigenvalue weighted by molar-refractivity contribution is 0.397. The fourth-order valence-corrected chi connectivity index (χ4v) is 1.48. The summed E-state index contributed by atoms with van der Waals surface area (Å²) in [4.78, 5) is 0. The summed E-state index contributed by atoms with van der Waals surface area (Å²) in [6.07, 6.45) is 2.85. The topological polar surface area (TPSA) is 12.5 Å². The summed E-state index contributed by atoms with van der Waals surface area (Å²) in [6.45, 7) is 0.969. The van der Waals surface area contributed by atoms with Crippen LogP contribution in [0.15, 0.2) is 28.7 Å². The van der Waals surface area contributed by atoms with E-state index in [2.05, 4.69) is 40.2 Å². The van der Waals surface area contributed by atoms with Crippen LogP contribution in [0.4, 0.5) is 0 Å². The van der Waals surface area contributed by atoms with Crippen molar-refractivity contribution in [2.75, 3.05) is 6.61 Å². The van der Waals surface area contributed by atoms with Crippen LogP contribution in [0.2, 0.25) is 0 Å². The van der Waals surface area contributed by atoms with E-state index in [1.807, 2.05) is 0 Å². The fraction of sp³-hybridized carbons (Fsp3) is 0.400. The largest absolute Gasteiger partial charge is 0.373 e. The van der Waals surface area contributed by atoms with Gasteiger partial charge in [-0.05, 0) is 30.5 Å². The molecule has 2 rings (SSSR count). The number of aryl methyl sites for hydroxylation is 1. The van der Waals surface area contributed by atoms with Gasteiger partial charge in [0, 0.05) is 4.47 Å². The minimum absolute atomic E-state index is 0.550. The van der Waals surface area contributed by atoms with Crippen molar-refractivity contribution in [2.45, 2.75) is 18.9 Å². The highest BCUT2D eigenvalue weighted by molar-refractivity contribution is 9.10. The Morgan fingerprint density at radius 1 is 1.33 bits per heavy atom. The maximum atomic E-state index is 5.14. The van der Waals surface area contributed by atoms with Crippen molar-refractivity contribution < 1.29 is 4.74 Å². The normalized spacial score (nSPS) is 20.9. The smallest absolute Gasteiger partial charge is 0.0813 e. The molecule has 1 aromatic rings. The number of hydrogen-bond donors (Lipinski definition) is 0. The Kier molecular flexibility index (Phi) is 2.47. The summed E-state index contributed by atoms with van der Waals surface area (Å²) >= 11 is 3.41. The average Bonchev–Trinajstić information content (AvgIpc) is 2.87. The number of ether oxygens (including phenoxy) is 1. The summed E-state index contributed by atoms with van der Waals surface area (Å²) in [6, 6.07) is 8.49. The predicted molar refractivity (Wildman–Crippen MR) is 52.2 cm³/mol. The molecular formula is C10H11BrO. The molecule has 1 nitrogen and oxygen atoms in total. The first kappa shape index (κ1) is 8.27. The predicted octanol–water partition coefficient (Wildman–Crippen LogP) is 2.78. The van der Waals surface area contributed by atoms with Crippen LogP contribution in [0, 0.1) is 0 Å². The highest BCUT2D eigenvalue weighted by atomic mass is 79.9. The van der Waals surface area contributed by atoms with Gasteiger partial charge in [-0.1, -0.05) is 28.1 Å². The number of benzene rings is 1. The molecule has 1 aromatic carbocycles. The summed E-state index contributed by atoms with van der Waals surface area (Å²) in [5, 5.41) is 0. The third kappa shape index (κ3) is 2.32. The molecule has 1 fully saturated rings. The van der Waals surface area contributed by atoms with Gasteiger partial charge in [0.1, 0.15) is 0 Å². The number of halogens is 1. The van der Waals surface area contributed by atoms with Crippen LogP contribution < -0.4 is 0 Å². The van der Waals surface area contributed by atoms with E-state index < -0.39 is 0 Å². The van der Waals surface area contributed by atoms with Gasteiger partial charge in [-0.25, -0.2) is 0 Å². The van der Waals surface area contributed by atoms with E-state index in [0.717, 1.165) is 17.5 Å². The lowest BCUT2D eigenvalue weighted by Crippen LogP contribution is -1.90. The molecule has 0 amide bonds. The van der Waals surface area contributed by atoms with Gasteiger partial charge in [0.05, 0.1) is 12.7 Å². The van der Waals surface area contributed by atoms with Crippen LogP contribution in [0.3, 0.4) is 0 Å². The zero-order valence-electron chi connectivity index (χ0n) is 6.79. The van der Waals surface area contributed by atoms with Gasteiger partial charge in [-0.2, -0.15) is 0 Å². The highest BCUT2D eigenvalue weighted by Crippen LogP contribution is 2.18. The lowest BCUT2D eigenvalue weighted by atomic mass is 10.1. The van der Waals surface area contributed by atoms with Crippen LogP contribution in [0.25, 0.3) is 0 Å². The van der Waals surface area contributed by atoms with E-state index >= 15 is 0 Å². The molecule has 0 bridgehead atoms. The van der Waals surface area contributed by atoms with Crippen molar-refractivity contribution in [3.63, 3.8) is 0 Å². The molecule has 1 unspecified atom stereocenters. The number of hydrogen-bond acceptors (Lipinski definition) is 1. The third-order valence-electron chi connectivity index (χ3n) is 2.07. The fourth-order valence-electron chi connectivity index (χ4n) is 1.21. The Bertz CT molecular complexity index is 251. The van der Waals surface area contributed by atoms with Gasteiger partial charge < -0.3 is 4.74 Å². The van der Waals surface area contributed by atoms with E-state index in [1.54, 1.807) is 0 Å². The molecular weight excluding hydrogens is 216 g/mol. The van der Waals surface area contributed by atoms with E-state index in [-0.39, 0.29) is 0 Å². The van der Waals surface area contributed by atoms with Crippen molar-refractivity contribution in [1.29, 1.82) is 0 Å². The zero-order valence-corrected chi connectivity index (χ0v) is 8.38. The molecule has 0 spiro atoms. The maximum absolute atomic E-state index is 5.14. The quantitative estimate of drug-likeness (QED) is 0.723. The number of rotatable bonds is 3. The summed E-state index contributed by atoms with van der Waals surface area (Å²) in [5.41, 5.74) is 1.40. The molecule has 0 aromatic heterocycles. The van der Waals surface area contributed by atoms with E-state index in [1.165, 1.54) is 12.0 Å². The zero-order chi connectivity index (χ0) is 8.39. The van der Waals surface area contributed by atoms with Crippen molar-refractivity contribution in [2.24, 2.45) is 0 Å². The Balaban J connectivity index is 1.89. The standard InChI is InChI=1S/C10H11BrO/c11-9-4-1-8(2-5-9)3-6-10-7-12-10/h1-2,4-5,10H,3,6-7H2. The molecule has 1 saturated heterocycles. The molecule has 0 aliphatic carbocycles. The van der Waals surface area contributed by atoms with Crippen molar-refractivity contribution in [1.82, 2.24) is 0 Å². The summed E-state index contributed by atoms with van der Waals surface area (Å²) < 4.78 is 6.29. The average molecular weight is 227 g/mol. The minimum Gasteiger partial charge on any atom is -0.373 e. The van der Waals surface area contributed by atoms with Crippen molar-refractivity contribution >= 4 is 15.9 Å². The van der Waals surface area contributed by atoms with Crippen LogP contribution in [-0.2, 0) is 11.2 Å². The SMILES string of the molecule is Brc1ccc(CCC2CO2)cc1. The molecule has 0 saturated carbocycles. The lowest BCUT2D eigenvalue weighted by Gasteiger charge is -1.98. The maximum Gasteiger partial charge on any atom is 0.0813 e. The molecule has 1 aliphatic heterocycles. The second kappa shape index (κ2) is 3.58. The first-order valence-corrected chi connectivity index (χ1v) is 5.00. The van der Waals surface area contributed by atoms with Gasteiger partial charge in [-0.15, -0.1) is 0 Å². The summed E-state index contributed by atoms with van der Waals surface area (Å²) in [5.74, 6) is 0. The Morgan fingerprint density at radius 2 is 2.00 bits per heavy atom. The Morgan fingerprint density at radius 3 is 2.58 bits per heavy atom. The minimum atomic E-state index is 0.550. The first-order chi connectivity index (χ1) is 5.84. The molecule has 1 atom stereocenters.